The smallest absolute Gasteiger partial charge is 0.322 e. The van der Waals surface area contributed by atoms with Crippen LogP contribution in [0.25, 0.3) is 10.6 Å². The first kappa shape index (κ1) is 15.8. The number of carbonyl (C=O) groups is 3. The molecule has 0 bridgehead atoms. The Labute approximate surface area is 147 Å². The highest BCUT2D eigenvalue weighted by Gasteiger charge is 2.52. The minimum absolute atomic E-state index is 0.119. The van der Waals surface area contributed by atoms with Gasteiger partial charge >= 0.3 is 6.03 Å². The molecular weight excluding hydrogens is 342 g/mol. The number of thiophene rings is 1. The van der Waals surface area contributed by atoms with Crippen molar-refractivity contribution in [3.63, 3.8) is 0 Å². The summed E-state index contributed by atoms with van der Waals surface area (Å²) in [6.45, 7) is 0. The lowest BCUT2D eigenvalue weighted by molar-refractivity contribution is -0.134. The van der Waals surface area contributed by atoms with Gasteiger partial charge < -0.3 is 5.32 Å². The SMILES string of the molecule is O=C(NN1C(=O)NC2(CCCCC2)C1=O)c1cc(-c2cccs2)[nH]n1. The molecule has 25 heavy (non-hydrogen) atoms. The van der Waals surface area contributed by atoms with E-state index >= 15 is 0 Å². The van der Waals surface area contributed by atoms with E-state index in [1.165, 1.54) is 11.3 Å². The number of aromatic amines is 1. The van der Waals surface area contributed by atoms with E-state index in [2.05, 4.69) is 20.9 Å². The molecule has 2 aromatic heterocycles. The third-order valence-electron chi connectivity index (χ3n) is 4.68. The summed E-state index contributed by atoms with van der Waals surface area (Å²) in [5.41, 5.74) is 2.34. The topological polar surface area (TPSA) is 107 Å². The number of amides is 4. The van der Waals surface area contributed by atoms with Crippen LogP contribution in [-0.2, 0) is 4.79 Å². The lowest BCUT2D eigenvalue weighted by Gasteiger charge is -2.30. The fourth-order valence-corrected chi connectivity index (χ4v) is 4.06. The average molecular weight is 359 g/mol. The number of carbonyl (C=O) groups excluding carboxylic acids is 3. The third-order valence-corrected chi connectivity index (χ3v) is 5.58. The molecule has 3 N–H and O–H groups in total. The highest BCUT2D eigenvalue weighted by atomic mass is 32.1. The van der Waals surface area contributed by atoms with Crippen LogP contribution >= 0.6 is 11.3 Å². The summed E-state index contributed by atoms with van der Waals surface area (Å²) in [6, 6.07) is 4.81. The molecule has 2 aliphatic rings. The summed E-state index contributed by atoms with van der Waals surface area (Å²) in [6.07, 6.45) is 4.04. The zero-order valence-corrected chi connectivity index (χ0v) is 14.2. The van der Waals surface area contributed by atoms with Gasteiger partial charge in [-0.25, -0.2) is 4.79 Å². The number of hydrogen-bond donors (Lipinski definition) is 3. The maximum atomic E-state index is 12.7. The number of nitrogens with zero attached hydrogens (tertiary/aromatic N) is 2. The lowest BCUT2D eigenvalue weighted by atomic mass is 9.82. The summed E-state index contributed by atoms with van der Waals surface area (Å²) in [5, 5.41) is 12.2. The molecule has 0 atom stereocenters. The largest absolute Gasteiger partial charge is 0.344 e. The summed E-state index contributed by atoms with van der Waals surface area (Å²) < 4.78 is 0. The van der Waals surface area contributed by atoms with Gasteiger partial charge in [0.1, 0.15) is 5.54 Å². The molecule has 130 valence electrons. The van der Waals surface area contributed by atoms with Gasteiger partial charge in [0.15, 0.2) is 5.69 Å². The molecule has 4 rings (SSSR count). The van der Waals surface area contributed by atoms with Crippen molar-refractivity contribution in [2.45, 2.75) is 37.6 Å². The molecule has 2 fully saturated rings. The number of H-pyrrole nitrogens is 1. The Morgan fingerprint density at radius 2 is 2.08 bits per heavy atom. The second-order valence-electron chi connectivity index (χ2n) is 6.30. The first-order valence-electron chi connectivity index (χ1n) is 8.16. The monoisotopic (exact) mass is 359 g/mol. The first-order chi connectivity index (χ1) is 12.1. The quantitative estimate of drug-likeness (QED) is 0.729. The molecule has 9 heteroatoms. The van der Waals surface area contributed by atoms with Gasteiger partial charge in [0.05, 0.1) is 10.6 Å². The molecule has 3 heterocycles. The van der Waals surface area contributed by atoms with E-state index < -0.39 is 17.5 Å². The van der Waals surface area contributed by atoms with E-state index in [-0.39, 0.29) is 11.6 Å². The standard InChI is InChI=1S/C16H17N5O3S/c22-13(11-9-10(18-19-11)12-5-4-8-25-12)20-21-14(23)16(17-15(21)24)6-2-1-3-7-16/h4-5,8-9H,1-3,6-7H2,(H,17,24)(H,18,19)(H,20,22). The van der Waals surface area contributed by atoms with Crippen LogP contribution < -0.4 is 10.7 Å². The van der Waals surface area contributed by atoms with E-state index in [1.807, 2.05) is 17.5 Å². The van der Waals surface area contributed by atoms with Crippen molar-refractivity contribution in [2.24, 2.45) is 0 Å². The van der Waals surface area contributed by atoms with Crippen molar-refractivity contribution >= 4 is 29.2 Å². The molecule has 1 aliphatic heterocycles. The highest BCUT2D eigenvalue weighted by molar-refractivity contribution is 7.13. The number of urea groups is 1. The van der Waals surface area contributed by atoms with Crippen LogP contribution in [0.1, 0.15) is 42.6 Å². The van der Waals surface area contributed by atoms with Gasteiger partial charge in [-0.3, -0.25) is 20.1 Å². The Bertz CT molecular complexity index is 823. The van der Waals surface area contributed by atoms with Crippen LogP contribution in [0, 0.1) is 0 Å². The summed E-state index contributed by atoms with van der Waals surface area (Å²) in [7, 11) is 0. The minimum atomic E-state index is -0.865. The number of hydrazine groups is 1. The highest BCUT2D eigenvalue weighted by Crippen LogP contribution is 2.33. The Morgan fingerprint density at radius 3 is 2.80 bits per heavy atom. The van der Waals surface area contributed by atoms with Gasteiger partial charge in [0, 0.05) is 0 Å². The Kier molecular flexibility index (Phi) is 3.79. The maximum Gasteiger partial charge on any atom is 0.344 e. The number of aromatic nitrogens is 2. The zero-order chi connectivity index (χ0) is 17.4. The van der Waals surface area contributed by atoms with Crippen molar-refractivity contribution in [2.75, 3.05) is 0 Å². The molecule has 0 unspecified atom stereocenters. The number of hydrogen-bond acceptors (Lipinski definition) is 5. The van der Waals surface area contributed by atoms with E-state index in [1.54, 1.807) is 6.07 Å². The van der Waals surface area contributed by atoms with E-state index in [0.29, 0.717) is 18.5 Å². The van der Waals surface area contributed by atoms with Crippen LogP contribution in [0.2, 0.25) is 0 Å². The number of imide groups is 1. The average Bonchev–Trinajstić information content (AvgIpc) is 3.33. The van der Waals surface area contributed by atoms with Crippen LogP contribution in [0.3, 0.4) is 0 Å². The number of nitrogens with one attached hydrogen (secondary N) is 3. The summed E-state index contributed by atoms with van der Waals surface area (Å²) >= 11 is 1.52. The normalized spacial score (nSPS) is 19.3. The maximum absolute atomic E-state index is 12.7. The molecular formula is C16H17N5O3S. The van der Waals surface area contributed by atoms with Crippen molar-refractivity contribution in [3.05, 3.63) is 29.3 Å². The van der Waals surface area contributed by atoms with Crippen molar-refractivity contribution < 1.29 is 14.4 Å². The molecule has 0 aromatic carbocycles. The van der Waals surface area contributed by atoms with Gasteiger partial charge in [-0.1, -0.05) is 25.3 Å². The van der Waals surface area contributed by atoms with E-state index in [0.717, 1.165) is 29.1 Å². The molecule has 0 radical (unpaired) electrons. The molecule has 1 saturated heterocycles. The van der Waals surface area contributed by atoms with E-state index in [4.69, 9.17) is 0 Å². The zero-order valence-electron chi connectivity index (χ0n) is 13.4. The van der Waals surface area contributed by atoms with Crippen molar-refractivity contribution in [3.8, 4) is 10.6 Å². The minimum Gasteiger partial charge on any atom is -0.322 e. The van der Waals surface area contributed by atoms with Crippen molar-refractivity contribution in [1.29, 1.82) is 0 Å². The molecule has 2 aromatic rings. The Morgan fingerprint density at radius 1 is 1.28 bits per heavy atom. The Hall–Kier alpha value is -2.68. The van der Waals surface area contributed by atoms with Crippen molar-refractivity contribution in [1.82, 2.24) is 25.9 Å². The van der Waals surface area contributed by atoms with Crippen LogP contribution in [0.5, 0.6) is 0 Å². The lowest BCUT2D eigenvalue weighted by Crippen LogP contribution is -2.51. The molecule has 4 amide bonds. The summed E-state index contributed by atoms with van der Waals surface area (Å²) in [4.78, 5) is 38.2. The van der Waals surface area contributed by atoms with Crippen LogP contribution in [-0.4, -0.2) is 38.6 Å². The predicted molar refractivity (Wildman–Crippen MR) is 90.6 cm³/mol. The first-order valence-corrected chi connectivity index (χ1v) is 9.04. The fourth-order valence-electron chi connectivity index (χ4n) is 3.37. The number of rotatable bonds is 3. The van der Waals surface area contributed by atoms with Crippen LogP contribution in [0.4, 0.5) is 4.79 Å². The van der Waals surface area contributed by atoms with Gasteiger partial charge in [0.25, 0.3) is 11.8 Å². The van der Waals surface area contributed by atoms with Gasteiger partial charge in [-0.2, -0.15) is 10.1 Å². The molecule has 1 aliphatic carbocycles. The van der Waals surface area contributed by atoms with Gasteiger partial charge in [-0.15, -0.1) is 11.3 Å². The molecule has 1 spiro atoms. The fraction of sp³-hybridized carbons (Fsp3) is 0.375. The second-order valence-corrected chi connectivity index (χ2v) is 7.25. The van der Waals surface area contributed by atoms with Gasteiger partial charge in [0.2, 0.25) is 0 Å². The second kappa shape index (κ2) is 5.99. The summed E-state index contributed by atoms with van der Waals surface area (Å²) in [5.74, 6) is -0.991. The molecule has 1 saturated carbocycles. The van der Waals surface area contributed by atoms with E-state index in [9.17, 15) is 14.4 Å². The Balaban J connectivity index is 1.49. The molecule has 8 nitrogen and oxygen atoms in total. The van der Waals surface area contributed by atoms with Gasteiger partial charge in [-0.05, 0) is 30.4 Å². The predicted octanol–water partition coefficient (Wildman–Crippen LogP) is 2.04. The third kappa shape index (κ3) is 2.70. The van der Waals surface area contributed by atoms with Crippen LogP contribution in [0.15, 0.2) is 23.6 Å².